The first-order valence-corrected chi connectivity index (χ1v) is 9.48. The van der Waals surface area contributed by atoms with Gasteiger partial charge in [0.2, 0.25) is 0 Å². The maximum absolute atomic E-state index is 10.2. The van der Waals surface area contributed by atoms with Gasteiger partial charge in [-0.05, 0) is 36.2 Å². The number of aliphatic hydroxyl groups is 1. The van der Waals surface area contributed by atoms with Gasteiger partial charge in [-0.1, -0.05) is 30.8 Å². The summed E-state index contributed by atoms with van der Waals surface area (Å²) >= 11 is 1.45. The van der Waals surface area contributed by atoms with E-state index < -0.39 is 6.10 Å². The molecule has 0 fully saturated rings. The first-order valence-electron chi connectivity index (χ1n) is 8.49. The monoisotopic (exact) mass is 370 g/mol. The van der Waals surface area contributed by atoms with Crippen molar-refractivity contribution in [2.45, 2.75) is 24.6 Å². The lowest BCUT2D eigenvalue weighted by molar-refractivity contribution is 0.126. The highest BCUT2D eigenvalue weighted by molar-refractivity contribution is 7.99. The van der Waals surface area contributed by atoms with E-state index in [0.717, 1.165) is 28.7 Å². The van der Waals surface area contributed by atoms with Gasteiger partial charge < -0.3 is 14.4 Å². The van der Waals surface area contributed by atoms with Gasteiger partial charge in [-0.3, -0.25) is 4.98 Å². The molecule has 6 nitrogen and oxygen atoms in total. The molecule has 26 heavy (non-hydrogen) atoms. The van der Waals surface area contributed by atoms with Crippen LogP contribution < -0.4 is 4.74 Å². The Morgan fingerprint density at radius 1 is 1.23 bits per heavy atom. The highest BCUT2D eigenvalue weighted by Crippen LogP contribution is 2.22. The van der Waals surface area contributed by atoms with Crippen molar-refractivity contribution in [2.75, 3.05) is 12.4 Å². The third kappa shape index (κ3) is 4.62. The van der Waals surface area contributed by atoms with Crippen LogP contribution in [0.1, 0.15) is 12.5 Å². The second-order valence-corrected chi connectivity index (χ2v) is 6.87. The number of thioether (sulfide) groups is 1. The maximum atomic E-state index is 10.2. The van der Waals surface area contributed by atoms with Crippen LogP contribution in [0.25, 0.3) is 11.4 Å². The summed E-state index contributed by atoms with van der Waals surface area (Å²) in [5.74, 6) is 2.01. The Labute approximate surface area is 157 Å². The Hall–Kier alpha value is -2.38. The van der Waals surface area contributed by atoms with Crippen LogP contribution in [0, 0.1) is 0 Å². The Morgan fingerprint density at radius 2 is 2.12 bits per heavy atom. The summed E-state index contributed by atoms with van der Waals surface area (Å²) in [6.45, 7) is 2.35. The number of aliphatic hydroxyl groups excluding tert-OH is 1. The minimum Gasteiger partial charge on any atom is -0.491 e. The topological polar surface area (TPSA) is 73.1 Å². The van der Waals surface area contributed by atoms with Crippen molar-refractivity contribution in [3.8, 4) is 17.1 Å². The average molecular weight is 370 g/mol. The van der Waals surface area contributed by atoms with E-state index in [1.165, 1.54) is 17.3 Å². The molecule has 0 bridgehead atoms. The predicted molar refractivity (Wildman–Crippen MR) is 102 cm³/mol. The molecule has 0 saturated carbocycles. The lowest BCUT2D eigenvalue weighted by Gasteiger charge is -2.12. The summed E-state index contributed by atoms with van der Waals surface area (Å²) in [5, 5.41) is 19.4. The fourth-order valence-corrected chi connectivity index (χ4v) is 3.27. The fraction of sp³-hybridized carbons (Fsp3) is 0.316. The zero-order chi connectivity index (χ0) is 18.4. The van der Waals surface area contributed by atoms with E-state index in [4.69, 9.17) is 4.74 Å². The molecule has 0 unspecified atom stereocenters. The molecule has 0 aliphatic heterocycles. The molecule has 3 aromatic rings. The molecule has 1 aromatic carbocycles. The van der Waals surface area contributed by atoms with Crippen molar-refractivity contribution in [1.29, 1.82) is 0 Å². The number of aryl methyl sites for hydroxylation is 1. The van der Waals surface area contributed by atoms with Crippen LogP contribution >= 0.6 is 11.8 Å². The molecule has 0 saturated heterocycles. The SMILES string of the molecule is CCc1cccc(OC[C@@H](O)CSc2nnc(-c3cccnc3)n2C)c1. The van der Waals surface area contributed by atoms with Crippen LogP contribution in [0.4, 0.5) is 0 Å². The van der Waals surface area contributed by atoms with Gasteiger partial charge in [0.25, 0.3) is 0 Å². The second kappa shape index (κ2) is 8.82. The number of aromatic nitrogens is 4. The van der Waals surface area contributed by atoms with Crippen LogP contribution in [0.3, 0.4) is 0 Å². The highest BCUT2D eigenvalue weighted by atomic mass is 32.2. The summed E-state index contributed by atoms with van der Waals surface area (Å²) in [7, 11) is 1.91. The van der Waals surface area contributed by atoms with E-state index >= 15 is 0 Å². The van der Waals surface area contributed by atoms with Crippen LogP contribution in [0.2, 0.25) is 0 Å². The number of benzene rings is 1. The second-order valence-electron chi connectivity index (χ2n) is 5.88. The molecule has 2 aromatic heterocycles. The predicted octanol–water partition coefficient (Wildman–Crippen LogP) is 2.97. The van der Waals surface area contributed by atoms with Crippen molar-refractivity contribution >= 4 is 11.8 Å². The van der Waals surface area contributed by atoms with Gasteiger partial charge in [-0.2, -0.15) is 0 Å². The number of rotatable bonds is 8. The van der Waals surface area contributed by atoms with Gasteiger partial charge in [0.15, 0.2) is 11.0 Å². The first-order chi connectivity index (χ1) is 12.7. The Kier molecular flexibility index (Phi) is 6.25. The normalized spacial score (nSPS) is 12.1. The fourth-order valence-electron chi connectivity index (χ4n) is 2.45. The van der Waals surface area contributed by atoms with Gasteiger partial charge in [0, 0.05) is 30.8 Å². The van der Waals surface area contributed by atoms with Gasteiger partial charge in [0.1, 0.15) is 12.4 Å². The summed E-state index contributed by atoms with van der Waals surface area (Å²) in [6, 6.07) is 11.7. The standard InChI is InChI=1S/C19H22N4O2S/c1-3-14-6-4-8-17(10-14)25-12-16(24)13-26-19-22-21-18(23(19)2)15-7-5-9-20-11-15/h4-11,16,24H,3,12-13H2,1-2H3/t16-/m1/s1. The van der Waals surface area contributed by atoms with Crippen LogP contribution in [0.15, 0.2) is 53.9 Å². The molecule has 3 rings (SSSR count). The van der Waals surface area contributed by atoms with Crippen LogP contribution in [0.5, 0.6) is 5.75 Å². The molecule has 0 spiro atoms. The zero-order valence-electron chi connectivity index (χ0n) is 14.9. The van der Waals surface area contributed by atoms with Gasteiger partial charge in [-0.25, -0.2) is 0 Å². The van der Waals surface area contributed by atoms with E-state index in [1.54, 1.807) is 12.4 Å². The highest BCUT2D eigenvalue weighted by Gasteiger charge is 2.14. The minimum atomic E-state index is -0.594. The Balaban J connectivity index is 1.53. The number of nitrogens with zero attached hydrogens (tertiary/aromatic N) is 4. The van der Waals surface area contributed by atoms with E-state index in [2.05, 4.69) is 28.2 Å². The van der Waals surface area contributed by atoms with Crippen molar-refractivity contribution in [3.63, 3.8) is 0 Å². The lowest BCUT2D eigenvalue weighted by Crippen LogP contribution is -2.20. The van der Waals surface area contributed by atoms with Crippen molar-refractivity contribution in [2.24, 2.45) is 7.05 Å². The summed E-state index contributed by atoms with van der Waals surface area (Å²) in [4.78, 5) is 4.11. The van der Waals surface area contributed by atoms with Gasteiger partial charge >= 0.3 is 0 Å². The zero-order valence-corrected chi connectivity index (χ0v) is 15.7. The summed E-state index contributed by atoms with van der Waals surface area (Å²) < 4.78 is 7.59. The minimum absolute atomic E-state index is 0.244. The van der Waals surface area contributed by atoms with Crippen molar-refractivity contribution in [3.05, 3.63) is 54.4 Å². The molecule has 0 radical (unpaired) electrons. The molecule has 136 valence electrons. The molecule has 1 atom stereocenters. The summed E-state index contributed by atoms with van der Waals surface area (Å²) in [5.41, 5.74) is 2.13. The summed E-state index contributed by atoms with van der Waals surface area (Å²) in [6.07, 6.45) is 3.85. The molecule has 0 aliphatic carbocycles. The number of hydrogen-bond donors (Lipinski definition) is 1. The van der Waals surface area contributed by atoms with Crippen molar-refractivity contribution < 1.29 is 9.84 Å². The quantitative estimate of drug-likeness (QED) is 0.615. The Bertz CT molecular complexity index is 839. The van der Waals surface area contributed by atoms with Gasteiger partial charge in [-0.15, -0.1) is 10.2 Å². The molecule has 0 amide bonds. The van der Waals surface area contributed by atoms with E-state index in [-0.39, 0.29) is 6.61 Å². The Morgan fingerprint density at radius 3 is 2.88 bits per heavy atom. The number of pyridine rings is 1. The molecule has 7 heteroatoms. The maximum Gasteiger partial charge on any atom is 0.191 e. The molecular weight excluding hydrogens is 348 g/mol. The first kappa shape index (κ1) is 18.4. The average Bonchev–Trinajstić information content (AvgIpc) is 3.06. The molecule has 2 heterocycles. The molecular formula is C19H22N4O2S. The lowest BCUT2D eigenvalue weighted by atomic mass is 10.2. The largest absolute Gasteiger partial charge is 0.491 e. The van der Waals surface area contributed by atoms with Gasteiger partial charge in [0.05, 0.1) is 6.10 Å². The van der Waals surface area contributed by atoms with Crippen molar-refractivity contribution in [1.82, 2.24) is 19.7 Å². The number of ether oxygens (including phenoxy) is 1. The van der Waals surface area contributed by atoms with E-state index in [9.17, 15) is 5.11 Å². The molecule has 1 N–H and O–H groups in total. The smallest absolute Gasteiger partial charge is 0.191 e. The van der Waals surface area contributed by atoms with E-state index in [1.807, 2.05) is 41.9 Å². The third-order valence-electron chi connectivity index (χ3n) is 3.91. The van der Waals surface area contributed by atoms with Crippen LogP contribution in [-0.2, 0) is 13.5 Å². The van der Waals surface area contributed by atoms with Crippen LogP contribution in [-0.4, -0.2) is 43.3 Å². The third-order valence-corrected chi connectivity index (χ3v) is 5.07. The molecule has 0 aliphatic rings. The number of hydrogen-bond acceptors (Lipinski definition) is 6. The van der Waals surface area contributed by atoms with E-state index in [0.29, 0.717) is 5.75 Å².